The molecule has 3 N–H and O–H groups in total. The van der Waals surface area contributed by atoms with Crippen LogP contribution >= 0.6 is 11.6 Å². The van der Waals surface area contributed by atoms with E-state index in [1.165, 1.54) is 0 Å². The number of pyridine rings is 2. The van der Waals surface area contributed by atoms with Gasteiger partial charge >= 0.3 is 0 Å². The SMILES string of the molecule is N#CC1(CNc2cccc(-c3cc(CC4CCC(NCCO)CC4)ncc3Cl)n2)CCOCC1. The summed E-state index contributed by atoms with van der Waals surface area (Å²) < 4.78 is 5.43. The number of aromatic nitrogens is 2. The van der Waals surface area contributed by atoms with Crippen LogP contribution in [0.2, 0.25) is 5.02 Å². The Hall–Kier alpha value is -2.24. The lowest BCUT2D eigenvalue weighted by atomic mass is 9.82. The van der Waals surface area contributed by atoms with Crippen LogP contribution in [0.3, 0.4) is 0 Å². The van der Waals surface area contributed by atoms with Gasteiger partial charge < -0.3 is 20.5 Å². The molecule has 0 atom stereocenters. The standard InChI is InChI=1S/C26H34ClN5O2/c27-23-16-30-21(14-19-4-6-20(7-5-19)29-10-11-33)15-22(23)24-2-1-3-25(32-24)31-18-26(17-28)8-12-34-13-9-26/h1-3,15-16,19-20,29,33H,4-14,18H2,(H,31,32). The highest BCUT2D eigenvalue weighted by Gasteiger charge is 2.32. The second-order valence-corrected chi connectivity index (χ2v) is 9.93. The minimum Gasteiger partial charge on any atom is -0.395 e. The van der Waals surface area contributed by atoms with Gasteiger partial charge in [0.05, 0.1) is 28.8 Å². The minimum absolute atomic E-state index is 0.191. The fourth-order valence-corrected chi connectivity index (χ4v) is 5.16. The predicted molar refractivity (Wildman–Crippen MR) is 134 cm³/mol. The molecule has 1 saturated heterocycles. The van der Waals surface area contributed by atoms with Gasteiger partial charge in [0, 0.05) is 49.8 Å². The summed E-state index contributed by atoms with van der Waals surface area (Å²) in [5, 5.41) is 26.1. The third-order valence-corrected chi connectivity index (χ3v) is 7.42. The van der Waals surface area contributed by atoms with Gasteiger partial charge in [-0.1, -0.05) is 17.7 Å². The summed E-state index contributed by atoms with van der Waals surface area (Å²) in [6.07, 6.45) is 8.71. The zero-order valence-corrected chi connectivity index (χ0v) is 20.4. The van der Waals surface area contributed by atoms with Crippen molar-refractivity contribution < 1.29 is 9.84 Å². The molecule has 4 rings (SSSR count). The highest BCUT2D eigenvalue weighted by atomic mass is 35.5. The molecule has 1 aliphatic heterocycles. The smallest absolute Gasteiger partial charge is 0.126 e. The Morgan fingerprint density at radius 3 is 2.74 bits per heavy atom. The maximum Gasteiger partial charge on any atom is 0.126 e. The summed E-state index contributed by atoms with van der Waals surface area (Å²) in [5.41, 5.74) is 2.31. The molecule has 0 amide bonds. The lowest BCUT2D eigenvalue weighted by molar-refractivity contribution is 0.0455. The normalized spacial score (nSPS) is 22.1. The Kier molecular flexibility index (Phi) is 8.74. The van der Waals surface area contributed by atoms with E-state index in [0.717, 1.165) is 67.7 Å². The minimum atomic E-state index is -0.413. The van der Waals surface area contributed by atoms with E-state index in [4.69, 9.17) is 26.4 Å². The quantitative estimate of drug-likeness (QED) is 0.490. The zero-order chi connectivity index (χ0) is 23.8. The summed E-state index contributed by atoms with van der Waals surface area (Å²) in [6.45, 7) is 2.66. The van der Waals surface area contributed by atoms with Gasteiger partial charge in [0.15, 0.2) is 0 Å². The van der Waals surface area contributed by atoms with Crippen molar-refractivity contribution in [2.24, 2.45) is 11.3 Å². The van der Waals surface area contributed by atoms with Crippen LogP contribution < -0.4 is 10.6 Å². The lowest BCUT2D eigenvalue weighted by Crippen LogP contribution is -2.35. The lowest BCUT2D eigenvalue weighted by Gasteiger charge is -2.30. The molecule has 3 heterocycles. The molecule has 0 spiro atoms. The molecule has 8 heteroatoms. The van der Waals surface area contributed by atoms with Gasteiger partial charge in [-0.3, -0.25) is 4.98 Å². The number of halogens is 1. The molecule has 2 aliphatic rings. The van der Waals surface area contributed by atoms with E-state index < -0.39 is 5.41 Å². The molecule has 0 unspecified atom stereocenters. The van der Waals surface area contributed by atoms with Crippen molar-refractivity contribution in [1.29, 1.82) is 5.26 Å². The van der Waals surface area contributed by atoms with Crippen molar-refractivity contribution >= 4 is 17.4 Å². The first-order valence-electron chi connectivity index (χ1n) is 12.3. The van der Waals surface area contributed by atoms with E-state index in [-0.39, 0.29) is 6.61 Å². The Labute approximate surface area is 206 Å². The van der Waals surface area contributed by atoms with Gasteiger partial charge in [0.2, 0.25) is 0 Å². The monoisotopic (exact) mass is 483 g/mol. The van der Waals surface area contributed by atoms with Crippen LogP contribution in [0.1, 0.15) is 44.2 Å². The second-order valence-electron chi connectivity index (χ2n) is 9.52. The van der Waals surface area contributed by atoms with Gasteiger partial charge in [0.25, 0.3) is 0 Å². The number of nitrogens with zero attached hydrogens (tertiary/aromatic N) is 3. The third-order valence-electron chi connectivity index (χ3n) is 7.12. The van der Waals surface area contributed by atoms with Crippen LogP contribution in [-0.4, -0.2) is 54.0 Å². The van der Waals surface area contributed by atoms with Gasteiger partial charge in [-0.2, -0.15) is 5.26 Å². The Morgan fingerprint density at radius 2 is 2.00 bits per heavy atom. The van der Waals surface area contributed by atoms with E-state index in [1.807, 2.05) is 18.2 Å². The Balaban J connectivity index is 1.40. The first-order valence-corrected chi connectivity index (χ1v) is 12.7. The molecular formula is C26H34ClN5O2. The molecule has 2 fully saturated rings. The number of hydrogen-bond acceptors (Lipinski definition) is 7. The van der Waals surface area contributed by atoms with Crippen molar-refractivity contribution in [1.82, 2.24) is 15.3 Å². The summed E-state index contributed by atoms with van der Waals surface area (Å²) in [4.78, 5) is 9.38. The first kappa shape index (κ1) is 24.9. The van der Waals surface area contributed by atoms with Crippen molar-refractivity contribution in [2.45, 2.75) is 51.0 Å². The predicted octanol–water partition coefficient (Wildman–Crippen LogP) is 4.21. The molecule has 0 bridgehead atoms. The molecular weight excluding hydrogens is 450 g/mol. The van der Waals surface area contributed by atoms with Crippen LogP contribution in [0.4, 0.5) is 5.82 Å². The second kappa shape index (κ2) is 11.9. The number of nitriles is 1. The fourth-order valence-electron chi connectivity index (χ4n) is 4.96. The molecule has 2 aromatic heterocycles. The van der Waals surface area contributed by atoms with Crippen LogP contribution in [0.25, 0.3) is 11.3 Å². The van der Waals surface area contributed by atoms with E-state index >= 15 is 0 Å². The maximum absolute atomic E-state index is 9.70. The molecule has 182 valence electrons. The third kappa shape index (κ3) is 6.45. The topological polar surface area (TPSA) is 103 Å². The number of ether oxygens (including phenoxy) is 1. The average Bonchev–Trinajstić information content (AvgIpc) is 2.89. The number of hydrogen-bond donors (Lipinski definition) is 3. The summed E-state index contributed by atoms with van der Waals surface area (Å²) in [6, 6.07) is 10.9. The van der Waals surface area contributed by atoms with Crippen LogP contribution in [0, 0.1) is 22.7 Å². The van der Waals surface area contributed by atoms with Crippen molar-refractivity contribution in [2.75, 3.05) is 38.2 Å². The first-order chi connectivity index (χ1) is 16.6. The number of anilines is 1. The van der Waals surface area contributed by atoms with Gasteiger partial charge in [0.1, 0.15) is 5.82 Å². The van der Waals surface area contributed by atoms with Crippen molar-refractivity contribution in [3.63, 3.8) is 0 Å². The summed E-state index contributed by atoms with van der Waals surface area (Å²) >= 11 is 6.53. The van der Waals surface area contributed by atoms with Crippen LogP contribution in [0.15, 0.2) is 30.5 Å². The number of aliphatic hydroxyl groups excluding tert-OH is 1. The van der Waals surface area contributed by atoms with Crippen molar-refractivity contribution in [3.8, 4) is 17.3 Å². The fraction of sp³-hybridized carbons (Fsp3) is 0.577. The molecule has 1 aliphatic carbocycles. The van der Waals surface area contributed by atoms with E-state index in [0.29, 0.717) is 43.3 Å². The summed E-state index contributed by atoms with van der Waals surface area (Å²) in [5.74, 6) is 1.35. The Bertz CT molecular complexity index is 981. The highest BCUT2D eigenvalue weighted by Crippen LogP contribution is 2.32. The highest BCUT2D eigenvalue weighted by molar-refractivity contribution is 6.33. The molecule has 0 radical (unpaired) electrons. The molecule has 2 aromatic rings. The number of aliphatic hydroxyl groups is 1. The number of rotatable bonds is 9. The molecule has 1 saturated carbocycles. The van der Waals surface area contributed by atoms with Gasteiger partial charge in [-0.25, -0.2) is 4.98 Å². The summed E-state index contributed by atoms with van der Waals surface area (Å²) in [7, 11) is 0. The van der Waals surface area contributed by atoms with Gasteiger partial charge in [-0.05, 0) is 69.1 Å². The van der Waals surface area contributed by atoms with Crippen LogP contribution in [-0.2, 0) is 11.2 Å². The maximum atomic E-state index is 9.70. The molecule has 7 nitrogen and oxygen atoms in total. The zero-order valence-electron chi connectivity index (χ0n) is 19.6. The molecule has 0 aromatic carbocycles. The van der Waals surface area contributed by atoms with E-state index in [9.17, 15) is 5.26 Å². The Morgan fingerprint density at radius 1 is 1.21 bits per heavy atom. The largest absolute Gasteiger partial charge is 0.395 e. The average molecular weight is 484 g/mol. The molecule has 34 heavy (non-hydrogen) atoms. The van der Waals surface area contributed by atoms with E-state index in [1.54, 1.807) is 6.20 Å². The van der Waals surface area contributed by atoms with Gasteiger partial charge in [-0.15, -0.1) is 0 Å². The number of nitrogens with one attached hydrogen (secondary N) is 2. The van der Waals surface area contributed by atoms with E-state index in [2.05, 4.69) is 27.8 Å². The van der Waals surface area contributed by atoms with Crippen molar-refractivity contribution in [3.05, 3.63) is 41.2 Å². The van der Waals surface area contributed by atoms with Crippen LogP contribution in [0.5, 0.6) is 0 Å².